The molecule has 1 aliphatic carbocycles. The van der Waals surface area contributed by atoms with Gasteiger partial charge in [-0.2, -0.15) is 5.10 Å². The molecule has 1 atom stereocenters. The fourth-order valence-electron chi connectivity index (χ4n) is 10.7. The molecule has 1 unspecified atom stereocenters. The molecule has 1 saturated carbocycles. The minimum absolute atomic E-state index is 0.0402. The molecular formula is C77H69Cl6N3O13. The Morgan fingerprint density at radius 1 is 0.576 bits per heavy atom. The number of nitrogens with zero attached hydrogens (tertiary/aromatic N) is 3. The Kier molecular flexibility index (Phi) is 29.4. The van der Waals surface area contributed by atoms with Gasteiger partial charge >= 0.3 is 29.8 Å². The number of hydrogen-bond donors (Lipinski definition) is 5. The topological polar surface area (TPSA) is 245 Å². The van der Waals surface area contributed by atoms with E-state index in [1.165, 1.54) is 32.1 Å². The number of aromatic nitrogens is 3. The molecule has 11 rings (SSSR count). The van der Waals surface area contributed by atoms with Crippen LogP contribution in [-0.4, -0.2) is 82.1 Å². The van der Waals surface area contributed by atoms with E-state index >= 15 is 0 Å². The predicted molar refractivity (Wildman–Crippen MR) is 388 cm³/mol. The second-order valence-electron chi connectivity index (χ2n) is 22.5. The molecule has 1 fully saturated rings. The van der Waals surface area contributed by atoms with Crippen molar-refractivity contribution in [2.75, 3.05) is 6.61 Å². The van der Waals surface area contributed by atoms with Crippen molar-refractivity contribution in [3.63, 3.8) is 0 Å². The van der Waals surface area contributed by atoms with E-state index in [0.717, 1.165) is 39.2 Å². The number of benzene rings is 8. The number of halogens is 6. The van der Waals surface area contributed by atoms with Crippen molar-refractivity contribution in [2.24, 2.45) is 7.05 Å². The zero-order valence-electron chi connectivity index (χ0n) is 53.7. The Morgan fingerprint density at radius 3 is 1.72 bits per heavy atom. The van der Waals surface area contributed by atoms with Crippen LogP contribution in [0, 0.1) is 6.92 Å². The highest BCUT2D eigenvalue weighted by Gasteiger charge is 2.25. The SMILES string of the molecule is C=CCOc1ccc(CC(=O)O)cc1Cl.Cc1cc(CC(=O)O)n(C)c1C(=O)c1ccc(Cl)cc1.O=C(O)C(Cl)c1ccc(C2CCCCC2)c(Cl)c1.O=C(O)Cc1c(-c2ccccc2)c(-c2ccccc2)nn1-c1ccccc1.O=C(O)Cc1ccccc1Oc1ccc(Cl)cc1Cl. The largest absolute Gasteiger partial charge is 0.488 e. The minimum atomic E-state index is -1.04. The fraction of sp³-hybridized carbons (Fsp3) is 0.182. The Balaban J connectivity index is 0.000000177. The van der Waals surface area contributed by atoms with Crippen LogP contribution in [0.5, 0.6) is 17.2 Å². The average molecular weight is 1460 g/mol. The Hall–Kier alpha value is -9.65. The quantitative estimate of drug-likeness (QED) is 0.0255. The molecule has 512 valence electrons. The summed E-state index contributed by atoms with van der Waals surface area (Å²) in [5.74, 6) is -2.84. The summed E-state index contributed by atoms with van der Waals surface area (Å²) >= 11 is 35.6. The Labute approximate surface area is 602 Å². The van der Waals surface area contributed by atoms with Crippen LogP contribution >= 0.6 is 69.6 Å². The number of aryl methyl sites for hydroxylation is 1. The predicted octanol–water partition coefficient (Wildman–Crippen LogP) is 19.4. The number of ether oxygens (including phenoxy) is 2. The van der Waals surface area contributed by atoms with E-state index in [4.69, 9.17) is 105 Å². The van der Waals surface area contributed by atoms with Gasteiger partial charge in [-0.1, -0.05) is 205 Å². The molecule has 0 saturated heterocycles. The van der Waals surface area contributed by atoms with Crippen LogP contribution in [-0.2, 0) is 56.7 Å². The number of hydrogen-bond acceptors (Lipinski definition) is 9. The van der Waals surface area contributed by atoms with Crippen molar-refractivity contribution >= 4 is 105 Å². The van der Waals surface area contributed by atoms with Crippen molar-refractivity contribution in [3.05, 3.63) is 288 Å². The van der Waals surface area contributed by atoms with Crippen LogP contribution < -0.4 is 9.47 Å². The summed E-state index contributed by atoms with van der Waals surface area (Å²) in [6, 6.07) is 59.8. The lowest BCUT2D eigenvalue weighted by molar-refractivity contribution is -0.137. The number of rotatable bonds is 21. The standard InChI is InChI=1S/C23H18N2O2.C15H14ClNO3.C14H10Cl2O3.C14H16Cl2O2.C11H11ClO3/c26-21(27)16-20-22(17-10-4-1-5-11-17)23(18-12-6-2-7-13-18)24-25(20)19-14-8-3-9-15-19;1-9-7-12(8-13(18)19)17(2)14(9)15(20)10-3-5-11(16)6-4-10;15-10-5-6-13(11(16)8-10)19-12-4-2-1-3-9(12)7-14(17)18;15-12-8-10(13(16)14(17)18)6-7-11(12)9-4-2-1-3-5-9;1-2-5-15-10-4-3-8(6-9(10)12)7-11(13)14/h1-15H,16H2,(H,26,27);3-7H,8H2,1-2H3,(H,18,19);1-6,8H,7H2,(H,17,18);6-9,13H,1-5H2,(H,17,18);2-4,6H,1,5,7H2,(H,13,14). The van der Waals surface area contributed by atoms with Gasteiger partial charge in [0.05, 0.1) is 52.8 Å². The minimum Gasteiger partial charge on any atom is -0.488 e. The summed E-state index contributed by atoms with van der Waals surface area (Å²) in [5, 5.41) is 51.0. The number of carboxylic acids is 5. The molecule has 0 bridgehead atoms. The fourth-order valence-corrected chi connectivity index (χ4v) is 12.0. The maximum atomic E-state index is 12.5. The molecule has 0 aliphatic heterocycles. The van der Waals surface area contributed by atoms with E-state index in [1.54, 1.807) is 132 Å². The van der Waals surface area contributed by atoms with Gasteiger partial charge in [0.1, 0.15) is 29.5 Å². The molecule has 0 amide bonds. The number of carbonyl (C=O) groups excluding carboxylic acids is 1. The first-order chi connectivity index (χ1) is 47.4. The lowest BCUT2D eigenvalue weighted by atomic mass is 9.84. The first-order valence-corrected chi connectivity index (χ1v) is 33.2. The third kappa shape index (κ3) is 22.7. The summed E-state index contributed by atoms with van der Waals surface area (Å²) in [4.78, 5) is 67.0. The molecule has 2 aromatic heterocycles. The van der Waals surface area contributed by atoms with E-state index in [9.17, 15) is 33.9 Å². The molecule has 2 heterocycles. The highest BCUT2D eigenvalue weighted by atomic mass is 35.5. The van der Waals surface area contributed by atoms with Crippen LogP contribution in [0.3, 0.4) is 0 Å². The van der Waals surface area contributed by atoms with Crippen LogP contribution in [0.25, 0.3) is 28.1 Å². The summed E-state index contributed by atoms with van der Waals surface area (Å²) < 4.78 is 14.3. The highest BCUT2D eigenvalue weighted by molar-refractivity contribution is 6.35. The maximum absolute atomic E-state index is 12.5. The van der Waals surface area contributed by atoms with Gasteiger partial charge < -0.3 is 39.6 Å². The number of para-hydroxylation sites is 2. The van der Waals surface area contributed by atoms with E-state index in [2.05, 4.69) is 6.58 Å². The second-order valence-corrected chi connectivity index (χ2v) is 25.0. The average Bonchev–Trinajstić information content (AvgIpc) is 1.65. The van der Waals surface area contributed by atoms with Crippen LogP contribution in [0.1, 0.15) is 98.7 Å². The molecule has 8 aromatic carbocycles. The van der Waals surface area contributed by atoms with Gasteiger partial charge in [-0.15, -0.1) is 11.6 Å². The van der Waals surface area contributed by atoms with Gasteiger partial charge in [0.25, 0.3) is 0 Å². The molecule has 5 N–H and O–H groups in total. The first kappa shape index (κ1) is 76.7. The van der Waals surface area contributed by atoms with E-state index < -0.39 is 35.2 Å². The van der Waals surface area contributed by atoms with Crippen molar-refractivity contribution in [2.45, 2.75) is 76.0 Å². The lowest BCUT2D eigenvalue weighted by Gasteiger charge is -2.23. The number of aliphatic carboxylic acids is 5. The highest BCUT2D eigenvalue weighted by Crippen LogP contribution is 2.40. The Bertz CT molecular complexity index is 4430. The summed E-state index contributed by atoms with van der Waals surface area (Å²) in [5.41, 5.74) is 10.4. The zero-order valence-corrected chi connectivity index (χ0v) is 58.2. The van der Waals surface area contributed by atoms with Gasteiger partial charge in [0.2, 0.25) is 5.78 Å². The summed E-state index contributed by atoms with van der Waals surface area (Å²) in [7, 11) is 1.70. The third-order valence-corrected chi connectivity index (χ3v) is 17.1. The van der Waals surface area contributed by atoms with Crippen molar-refractivity contribution in [1.82, 2.24) is 14.3 Å². The lowest BCUT2D eigenvalue weighted by Crippen LogP contribution is -2.12. The Morgan fingerprint density at radius 2 is 1.14 bits per heavy atom. The van der Waals surface area contributed by atoms with Crippen molar-refractivity contribution in [3.8, 4) is 45.3 Å². The van der Waals surface area contributed by atoms with E-state index in [-0.39, 0.29) is 31.5 Å². The summed E-state index contributed by atoms with van der Waals surface area (Å²) in [6.45, 7) is 5.69. The molecular weight excluding hydrogens is 1390 g/mol. The molecule has 99 heavy (non-hydrogen) atoms. The van der Waals surface area contributed by atoms with Gasteiger partial charge in [-0.05, 0) is 138 Å². The molecule has 0 spiro atoms. The summed E-state index contributed by atoms with van der Waals surface area (Å²) in [6.07, 6.45) is 7.38. The van der Waals surface area contributed by atoms with Gasteiger partial charge in [-0.25, -0.2) is 4.68 Å². The van der Waals surface area contributed by atoms with Crippen LogP contribution in [0.4, 0.5) is 0 Å². The first-order valence-electron chi connectivity index (χ1n) is 30.9. The van der Waals surface area contributed by atoms with Gasteiger partial charge in [-0.3, -0.25) is 28.8 Å². The number of ketones is 1. The monoisotopic (exact) mass is 1450 g/mol. The molecule has 0 radical (unpaired) electrons. The zero-order chi connectivity index (χ0) is 71.7. The number of carboxylic acid groups (broad SMARTS) is 5. The molecule has 1 aliphatic rings. The molecule has 22 heteroatoms. The van der Waals surface area contributed by atoms with Crippen LogP contribution in [0.2, 0.25) is 25.1 Å². The van der Waals surface area contributed by atoms with E-state index in [0.29, 0.717) is 94.2 Å². The molecule has 10 aromatic rings. The van der Waals surface area contributed by atoms with E-state index in [1.807, 2.05) is 97.1 Å². The van der Waals surface area contributed by atoms with Crippen molar-refractivity contribution < 1.29 is 63.8 Å². The third-order valence-electron chi connectivity index (χ3n) is 15.3. The van der Waals surface area contributed by atoms with Gasteiger partial charge in [0.15, 0.2) is 5.38 Å². The smallest absolute Gasteiger partial charge is 0.326 e. The van der Waals surface area contributed by atoms with Crippen molar-refractivity contribution in [1.29, 1.82) is 0 Å². The molecule has 16 nitrogen and oxygen atoms in total. The normalized spacial score (nSPS) is 11.8. The number of alkyl halides is 1. The second kappa shape index (κ2) is 37.9. The maximum Gasteiger partial charge on any atom is 0.326 e. The van der Waals surface area contributed by atoms with Crippen LogP contribution in [0.15, 0.2) is 213 Å². The van der Waals surface area contributed by atoms with Gasteiger partial charge in [0, 0.05) is 50.1 Å². The number of carbonyl (C=O) groups is 6.